The van der Waals surface area contributed by atoms with E-state index in [0.717, 1.165) is 12.0 Å². The molecule has 1 atom stereocenters. The van der Waals surface area contributed by atoms with Gasteiger partial charge in [-0.1, -0.05) is 35.0 Å². The average molecular weight is 274 g/mol. The summed E-state index contributed by atoms with van der Waals surface area (Å²) in [6.45, 7) is 2.28. The number of benzene rings is 1. The molecule has 0 saturated heterocycles. The van der Waals surface area contributed by atoms with Crippen molar-refractivity contribution in [3.63, 3.8) is 0 Å². The zero-order valence-corrected chi connectivity index (χ0v) is 10.1. The van der Waals surface area contributed by atoms with E-state index in [1.54, 1.807) is 12.1 Å². The van der Waals surface area contributed by atoms with E-state index in [2.05, 4.69) is 21.2 Å². The van der Waals surface area contributed by atoms with E-state index in [-0.39, 0.29) is 16.6 Å². The number of halogens is 2. The first-order valence-electron chi connectivity index (χ1n) is 4.79. The summed E-state index contributed by atoms with van der Waals surface area (Å²) in [5, 5.41) is 2.72. The van der Waals surface area contributed by atoms with E-state index in [4.69, 9.17) is 0 Å². The first-order chi connectivity index (χ1) is 7.13. The normalized spacial score (nSPS) is 12.2. The largest absolute Gasteiger partial charge is 0.351 e. The third-order valence-electron chi connectivity index (χ3n) is 2.00. The van der Waals surface area contributed by atoms with Crippen molar-refractivity contribution in [3.05, 3.63) is 35.6 Å². The van der Waals surface area contributed by atoms with Crippen LogP contribution in [-0.4, -0.2) is 10.7 Å². The smallest absolute Gasteiger partial charge is 0.234 e. The van der Waals surface area contributed by atoms with Crippen molar-refractivity contribution in [1.29, 1.82) is 0 Å². The number of carbonyl (C=O) groups excluding carboxylic acids is 1. The lowest BCUT2D eigenvalue weighted by Crippen LogP contribution is -2.30. The van der Waals surface area contributed by atoms with Crippen LogP contribution in [0.2, 0.25) is 0 Å². The predicted octanol–water partition coefficient (Wildman–Crippen LogP) is 2.62. The van der Waals surface area contributed by atoms with Crippen LogP contribution in [0.4, 0.5) is 4.39 Å². The second-order valence-corrected chi connectivity index (χ2v) is 4.33. The molecule has 0 aliphatic heterocycles. The van der Waals surface area contributed by atoms with E-state index < -0.39 is 0 Å². The molecule has 1 rings (SSSR count). The molecule has 1 N–H and O–H groups in total. The summed E-state index contributed by atoms with van der Waals surface area (Å²) in [4.78, 5) is 11.2. The summed E-state index contributed by atoms with van der Waals surface area (Å²) in [7, 11) is 0. The van der Waals surface area contributed by atoms with Gasteiger partial charge in [0.15, 0.2) is 0 Å². The fourth-order valence-electron chi connectivity index (χ4n) is 1.13. The van der Waals surface area contributed by atoms with Gasteiger partial charge in [0.2, 0.25) is 5.91 Å². The standard InChI is InChI=1S/C11H13BrFNO/c1-2-10(12)11(15)14-7-8-4-3-5-9(13)6-8/h3-6,10H,2,7H2,1H3,(H,14,15). The van der Waals surface area contributed by atoms with Gasteiger partial charge in [-0.25, -0.2) is 4.39 Å². The molecule has 0 fully saturated rings. The molecule has 0 aliphatic rings. The van der Waals surface area contributed by atoms with Gasteiger partial charge in [0.25, 0.3) is 0 Å². The van der Waals surface area contributed by atoms with Crippen LogP contribution in [-0.2, 0) is 11.3 Å². The Bertz CT molecular complexity index is 343. The van der Waals surface area contributed by atoms with Crippen LogP contribution in [0.15, 0.2) is 24.3 Å². The highest BCUT2D eigenvalue weighted by molar-refractivity contribution is 9.10. The Morgan fingerprint density at radius 2 is 2.33 bits per heavy atom. The summed E-state index contributed by atoms with van der Waals surface area (Å²) in [5.74, 6) is -0.352. The number of carbonyl (C=O) groups is 1. The SMILES string of the molecule is CCC(Br)C(=O)NCc1cccc(F)c1. The van der Waals surface area contributed by atoms with Crippen molar-refractivity contribution in [3.8, 4) is 0 Å². The predicted molar refractivity (Wildman–Crippen MR) is 61.3 cm³/mol. The fourth-order valence-corrected chi connectivity index (χ4v) is 1.29. The van der Waals surface area contributed by atoms with Crippen molar-refractivity contribution in [2.45, 2.75) is 24.7 Å². The van der Waals surface area contributed by atoms with Crippen molar-refractivity contribution < 1.29 is 9.18 Å². The molecular weight excluding hydrogens is 261 g/mol. The lowest BCUT2D eigenvalue weighted by atomic mass is 10.2. The van der Waals surface area contributed by atoms with E-state index in [1.807, 2.05) is 6.92 Å². The number of hydrogen-bond acceptors (Lipinski definition) is 1. The molecule has 15 heavy (non-hydrogen) atoms. The van der Waals surface area contributed by atoms with Gasteiger partial charge in [-0.05, 0) is 24.1 Å². The summed E-state index contributed by atoms with van der Waals surface area (Å²) >= 11 is 3.24. The van der Waals surface area contributed by atoms with Crippen LogP contribution >= 0.6 is 15.9 Å². The molecule has 82 valence electrons. The van der Waals surface area contributed by atoms with Gasteiger partial charge in [0.05, 0.1) is 4.83 Å². The number of hydrogen-bond donors (Lipinski definition) is 1. The Hall–Kier alpha value is -0.900. The fraction of sp³-hybridized carbons (Fsp3) is 0.364. The lowest BCUT2D eigenvalue weighted by Gasteiger charge is -2.08. The van der Waals surface area contributed by atoms with Gasteiger partial charge in [0.1, 0.15) is 5.82 Å². The van der Waals surface area contributed by atoms with Gasteiger partial charge < -0.3 is 5.32 Å². The van der Waals surface area contributed by atoms with Crippen LogP contribution in [0, 0.1) is 5.82 Å². The average Bonchev–Trinajstić information content (AvgIpc) is 2.25. The number of rotatable bonds is 4. The van der Waals surface area contributed by atoms with Gasteiger partial charge in [-0.15, -0.1) is 0 Å². The Morgan fingerprint density at radius 3 is 2.93 bits per heavy atom. The van der Waals surface area contributed by atoms with E-state index in [9.17, 15) is 9.18 Å². The molecule has 0 aliphatic carbocycles. The molecule has 0 aromatic heterocycles. The summed E-state index contributed by atoms with van der Waals surface area (Å²) in [5.41, 5.74) is 0.763. The third-order valence-corrected chi connectivity index (χ3v) is 3.06. The molecule has 4 heteroatoms. The quantitative estimate of drug-likeness (QED) is 0.840. The maximum atomic E-state index is 12.8. The van der Waals surface area contributed by atoms with Gasteiger partial charge in [0, 0.05) is 6.54 Å². The minimum absolute atomic E-state index is 0.0678. The van der Waals surface area contributed by atoms with Crippen LogP contribution < -0.4 is 5.32 Å². The van der Waals surface area contributed by atoms with Gasteiger partial charge in [-0.2, -0.15) is 0 Å². The second kappa shape index (κ2) is 5.85. The molecule has 0 saturated carbocycles. The zero-order chi connectivity index (χ0) is 11.3. The molecule has 0 bridgehead atoms. The minimum Gasteiger partial charge on any atom is -0.351 e. The Labute approximate surface area is 97.0 Å². The molecular formula is C11H13BrFNO. The van der Waals surface area contributed by atoms with Gasteiger partial charge >= 0.3 is 0 Å². The molecule has 1 amide bonds. The lowest BCUT2D eigenvalue weighted by molar-refractivity contribution is -0.120. The van der Waals surface area contributed by atoms with Crippen molar-refractivity contribution in [2.24, 2.45) is 0 Å². The maximum absolute atomic E-state index is 12.8. The molecule has 0 heterocycles. The highest BCUT2D eigenvalue weighted by atomic mass is 79.9. The monoisotopic (exact) mass is 273 g/mol. The Kier molecular flexibility index (Phi) is 4.75. The molecule has 1 aromatic carbocycles. The molecule has 1 aromatic rings. The Morgan fingerprint density at radius 1 is 1.60 bits per heavy atom. The van der Waals surface area contributed by atoms with Crippen molar-refractivity contribution in [2.75, 3.05) is 0 Å². The van der Waals surface area contributed by atoms with Gasteiger partial charge in [-0.3, -0.25) is 4.79 Å². The highest BCUT2D eigenvalue weighted by Gasteiger charge is 2.11. The molecule has 0 radical (unpaired) electrons. The molecule has 2 nitrogen and oxygen atoms in total. The van der Waals surface area contributed by atoms with E-state index in [0.29, 0.717) is 6.54 Å². The molecule has 1 unspecified atom stereocenters. The summed E-state index contributed by atoms with van der Waals surface area (Å²) < 4.78 is 12.8. The third kappa shape index (κ3) is 4.00. The topological polar surface area (TPSA) is 29.1 Å². The first kappa shape index (κ1) is 12.2. The van der Waals surface area contributed by atoms with Crippen LogP contribution in [0.1, 0.15) is 18.9 Å². The minimum atomic E-state index is -0.285. The summed E-state index contributed by atoms with van der Waals surface area (Å²) in [6.07, 6.45) is 0.731. The first-order valence-corrected chi connectivity index (χ1v) is 5.71. The second-order valence-electron chi connectivity index (χ2n) is 3.22. The highest BCUT2D eigenvalue weighted by Crippen LogP contribution is 2.06. The summed E-state index contributed by atoms with van der Waals surface area (Å²) in [6, 6.07) is 6.20. The van der Waals surface area contributed by atoms with E-state index in [1.165, 1.54) is 12.1 Å². The van der Waals surface area contributed by atoms with Crippen molar-refractivity contribution in [1.82, 2.24) is 5.32 Å². The van der Waals surface area contributed by atoms with Crippen LogP contribution in [0.3, 0.4) is 0 Å². The maximum Gasteiger partial charge on any atom is 0.234 e. The van der Waals surface area contributed by atoms with E-state index >= 15 is 0 Å². The Balaban J connectivity index is 2.47. The zero-order valence-electron chi connectivity index (χ0n) is 8.47. The number of alkyl halides is 1. The molecule has 0 spiro atoms. The number of amides is 1. The van der Waals surface area contributed by atoms with Crippen molar-refractivity contribution >= 4 is 21.8 Å². The van der Waals surface area contributed by atoms with Crippen LogP contribution in [0.5, 0.6) is 0 Å². The number of nitrogens with one attached hydrogen (secondary N) is 1. The van der Waals surface area contributed by atoms with Crippen LogP contribution in [0.25, 0.3) is 0 Å².